The first kappa shape index (κ1) is 14.4. The highest BCUT2D eigenvalue weighted by atomic mass is 32.1. The van der Waals surface area contributed by atoms with Crippen molar-refractivity contribution in [1.29, 1.82) is 5.26 Å². The molecule has 4 rings (SSSR count). The molecule has 2 aromatic carbocycles. The number of benzene rings is 2. The molecule has 2 heterocycles. The Balaban J connectivity index is 1.79. The van der Waals surface area contributed by atoms with E-state index in [-0.39, 0.29) is 12.2 Å². The van der Waals surface area contributed by atoms with E-state index < -0.39 is 0 Å². The van der Waals surface area contributed by atoms with Gasteiger partial charge in [0.1, 0.15) is 11.8 Å². The maximum Gasteiger partial charge on any atom is 0.274 e. The molecule has 0 radical (unpaired) electrons. The van der Waals surface area contributed by atoms with Gasteiger partial charge in [0.2, 0.25) is 0 Å². The molecule has 24 heavy (non-hydrogen) atoms. The quantitative estimate of drug-likeness (QED) is 0.577. The van der Waals surface area contributed by atoms with Gasteiger partial charge in [-0.05, 0) is 35.9 Å². The average molecular weight is 333 g/mol. The largest absolute Gasteiger partial charge is 0.479 e. The third kappa shape index (κ3) is 2.41. The van der Waals surface area contributed by atoms with Crippen LogP contribution in [0.3, 0.4) is 0 Å². The van der Waals surface area contributed by atoms with E-state index in [0.717, 1.165) is 16.6 Å². The number of hydrogen-bond acceptors (Lipinski definition) is 5. The van der Waals surface area contributed by atoms with E-state index in [1.165, 1.54) is 11.3 Å². The summed E-state index contributed by atoms with van der Waals surface area (Å²) in [6, 6.07) is 16.8. The number of nitriles is 1. The summed E-state index contributed by atoms with van der Waals surface area (Å²) in [6.45, 7) is 0.0168. The molecule has 0 aliphatic carbocycles. The van der Waals surface area contributed by atoms with Gasteiger partial charge in [-0.1, -0.05) is 35.6 Å². The molecule has 116 valence electrons. The summed E-state index contributed by atoms with van der Waals surface area (Å²) in [6.07, 6.45) is 1.84. The van der Waals surface area contributed by atoms with Gasteiger partial charge in [0.05, 0.1) is 15.6 Å². The number of para-hydroxylation sites is 2. The molecule has 0 unspecified atom stereocenters. The van der Waals surface area contributed by atoms with Crippen LogP contribution in [0.1, 0.15) is 5.56 Å². The number of fused-ring (bicyclic) bond motifs is 3. The van der Waals surface area contributed by atoms with Crippen LogP contribution in [0.4, 0.5) is 0 Å². The van der Waals surface area contributed by atoms with Gasteiger partial charge in [0.15, 0.2) is 11.6 Å². The van der Waals surface area contributed by atoms with E-state index in [4.69, 9.17) is 10.00 Å². The summed E-state index contributed by atoms with van der Waals surface area (Å²) in [5, 5.41) is 8.51. The first-order valence-corrected chi connectivity index (χ1v) is 8.09. The van der Waals surface area contributed by atoms with E-state index in [0.29, 0.717) is 15.2 Å². The second-order valence-corrected chi connectivity index (χ2v) is 6.16. The normalized spacial score (nSPS) is 11.9. The van der Waals surface area contributed by atoms with Gasteiger partial charge in [-0.25, -0.2) is 9.38 Å². The Morgan fingerprint density at radius 3 is 2.79 bits per heavy atom. The second kappa shape index (κ2) is 5.80. The first-order chi connectivity index (χ1) is 11.8. The maximum absolute atomic E-state index is 12.7. The van der Waals surface area contributed by atoms with Gasteiger partial charge in [-0.2, -0.15) is 5.26 Å². The first-order valence-electron chi connectivity index (χ1n) is 7.28. The van der Waals surface area contributed by atoms with Gasteiger partial charge in [-0.3, -0.25) is 4.79 Å². The number of rotatable bonds is 3. The van der Waals surface area contributed by atoms with E-state index in [1.54, 1.807) is 16.5 Å². The lowest BCUT2D eigenvalue weighted by atomic mass is 10.2. The zero-order valence-corrected chi connectivity index (χ0v) is 13.3. The van der Waals surface area contributed by atoms with Gasteiger partial charge in [0, 0.05) is 0 Å². The number of thiazole rings is 1. The van der Waals surface area contributed by atoms with Crippen molar-refractivity contribution in [2.24, 2.45) is 0 Å². The lowest BCUT2D eigenvalue weighted by molar-refractivity contribution is 0.368. The van der Waals surface area contributed by atoms with Crippen LogP contribution in [-0.4, -0.2) is 16.0 Å². The van der Waals surface area contributed by atoms with Gasteiger partial charge >= 0.3 is 0 Å². The molecule has 0 atom stereocenters. The van der Waals surface area contributed by atoms with E-state index >= 15 is 0 Å². The molecular weight excluding hydrogens is 322 g/mol. The van der Waals surface area contributed by atoms with Crippen molar-refractivity contribution >= 4 is 33.4 Å². The molecule has 0 bridgehead atoms. The van der Waals surface area contributed by atoms with Crippen LogP contribution in [0, 0.1) is 11.3 Å². The topological polar surface area (TPSA) is 67.4 Å². The SMILES string of the molecule is N#CCOc1ccc(/C=c2\sc3nc4ccccc4n3c2=O)cc1. The Labute approximate surface area is 140 Å². The average Bonchev–Trinajstić information content (AvgIpc) is 3.11. The molecule has 5 nitrogen and oxygen atoms in total. The zero-order valence-electron chi connectivity index (χ0n) is 12.5. The smallest absolute Gasteiger partial charge is 0.274 e. The summed E-state index contributed by atoms with van der Waals surface area (Å²) in [5.74, 6) is 0.628. The molecule has 6 heteroatoms. The minimum absolute atomic E-state index is 0.0168. The van der Waals surface area contributed by atoms with Gasteiger partial charge in [-0.15, -0.1) is 0 Å². The predicted octanol–water partition coefficient (Wildman–Crippen LogP) is 2.36. The van der Waals surface area contributed by atoms with Crippen LogP contribution >= 0.6 is 11.3 Å². The van der Waals surface area contributed by atoms with E-state index in [2.05, 4.69) is 4.98 Å². The van der Waals surface area contributed by atoms with Crippen molar-refractivity contribution in [1.82, 2.24) is 9.38 Å². The van der Waals surface area contributed by atoms with Crippen molar-refractivity contribution in [3.8, 4) is 11.8 Å². The summed E-state index contributed by atoms with van der Waals surface area (Å²) < 4.78 is 7.50. The fourth-order valence-corrected chi connectivity index (χ4v) is 3.53. The van der Waals surface area contributed by atoms with Gasteiger partial charge in [0.25, 0.3) is 5.56 Å². The minimum atomic E-state index is -0.0616. The molecule has 4 aromatic rings. The molecule has 0 aliphatic heterocycles. The van der Waals surface area contributed by atoms with Crippen molar-refractivity contribution in [3.63, 3.8) is 0 Å². The molecule has 2 aromatic heterocycles. The number of ether oxygens (including phenoxy) is 1. The molecular formula is C18H11N3O2S. The summed E-state index contributed by atoms with van der Waals surface area (Å²) >= 11 is 1.37. The molecule has 0 aliphatic rings. The lowest BCUT2D eigenvalue weighted by Gasteiger charge is -2.00. The predicted molar refractivity (Wildman–Crippen MR) is 93.2 cm³/mol. The van der Waals surface area contributed by atoms with E-state index in [1.807, 2.05) is 48.5 Å². The minimum Gasteiger partial charge on any atom is -0.479 e. The standard InChI is InChI=1S/C18H11N3O2S/c19-9-10-23-13-7-5-12(6-8-13)11-16-17(22)21-15-4-2-1-3-14(15)20-18(21)24-16/h1-8,11H,10H2/b16-11-. The number of hydrogen-bond donors (Lipinski definition) is 0. The van der Waals surface area contributed by atoms with Crippen LogP contribution in [0.15, 0.2) is 53.3 Å². The highest BCUT2D eigenvalue weighted by Gasteiger charge is 2.10. The number of nitrogens with zero attached hydrogens (tertiary/aromatic N) is 3. The summed E-state index contributed by atoms with van der Waals surface area (Å²) in [4.78, 5) is 17.9. The van der Waals surface area contributed by atoms with Crippen LogP contribution in [0.5, 0.6) is 5.75 Å². The summed E-state index contributed by atoms with van der Waals surface area (Å²) in [7, 11) is 0. The third-order valence-electron chi connectivity index (χ3n) is 3.63. The molecule has 0 amide bonds. The van der Waals surface area contributed by atoms with Crippen molar-refractivity contribution in [3.05, 3.63) is 69.0 Å². The molecule has 0 saturated heterocycles. The van der Waals surface area contributed by atoms with Crippen LogP contribution in [0.2, 0.25) is 0 Å². The van der Waals surface area contributed by atoms with Gasteiger partial charge < -0.3 is 4.74 Å². The number of aromatic nitrogens is 2. The maximum atomic E-state index is 12.7. The molecule has 0 spiro atoms. The van der Waals surface area contributed by atoms with Crippen molar-refractivity contribution in [2.75, 3.05) is 6.61 Å². The van der Waals surface area contributed by atoms with Crippen LogP contribution < -0.4 is 14.8 Å². The Hall–Kier alpha value is -3.17. The highest BCUT2D eigenvalue weighted by Crippen LogP contribution is 2.16. The Bertz CT molecular complexity index is 1180. The van der Waals surface area contributed by atoms with Crippen molar-refractivity contribution < 1.29 is 4.74 Å². The second-order valence-electron chi connectivity index (χ2n) is 5.15. The fraction of sp³-hybridized carbons (Fsp3) is 0.0556. The summed E-state index contributed by atoms with van der Waals surface area (Å²) in [5.41, 5.74) is 2.48. The zero-order chi connectivity index (χ0) is 16.5. The molecule has 0 N–H and O–H groups in total. The lowest BCUT2D eigenvalue weighted by Crippen LogP contribution is -2.22. The van der Waals surface area contributed by atoms with Crippen molar-refractivity contribution in [2.45, 2.75) is 0 Å². The van der Waals surface area contributed by atoms with E-state index in [9.17, 15) is 4.79 Å². The molecule has 0 saturated carbocycles. The monoisotopic (exact) mass is 333 g/mol. The highest BCUT2D eigenvalue weighted by molar-refractivity contribution is 7.15. The Morgan fingerprint density at radius 2 is 2.00 bits per heavy atom. The fourth-order valence-electron chi connectivity index (χ4n) is 2.54. The van der Waals surface area contributed by atoms with Crippen LogP contribution in [0.25, 0.3) is 22.1 Å². The van der Waals surface area contributed by atoms with Crippen LogP contribution in [-0.2, 0) is 0 Å². The number of imidazole rings is 1. The Morgan fingerprint density at radius 1 is 1.21 bits per heavy atom. The third-order valence-corrected chi connectivity index (χ3v) is 4.60. The Kier molecular flexibility index (Phi) is 3.48. The molecule has 0 fully saturated rings.